The van der Waals surface area contributed by atoms with E-state index in [2.05, 4.69) is 44.9 Å². The molecule has 0 bridgehead atoms. The number of alkyl halides is 1. The molecule has 1 rings (SSSR count). The third-order valence-electron chi connectivity index (χ3n) is 1.95. The lowest BCUT2D eigenvalue weighted by atomic mass is 10.1. The van der Waals surface area contributed by atoms with Gasteiger partial charge in [-0.25, -0.2) is 0 Å². The third kappa shape index (κ3) is 3.41. The lowest BCUT2D eigenvalue weighted by Gasteiger charge is -2.02. The molecule has 0 aromatic heterocycles. The molecule has 0 nitrogen and oxygen atoms in total. The van der Waals surface area contributed by atoms with Crippen LogP contribution in [-0.4, -0.2) is 5.33 Å². The van der Waals surface area contributed by atoms with Gasteiger partial charge in [-0.15, -0.1) is 0 Å². The minimum atomic E-state index is 0.784. The Morgan fingerprint density at radius 2 is 2.21 bits per heavy atom. The first-order chi connectivity index (χ1) is 6.67. The quantitative estimate of drug-likeness (QED) is 0.657. The fourth-order valence-corrected chi connectivity index (χ4v) is 2.36. The second-order valence-electron chi connectivity index (χ2n) is 2.96. The summed E-state index contributed by atoms with van der Waals surface area (Å²) in [6.07, 6.45) is 3.17. The van der Waals surface area contributed by atoms with Crippen molar-refractivity contribution in [2.45, 2.75) is 13.3 Å². The van der Waals surface area contributed by atoms with Gasteiger partial charge in [0.25, 0.3) is 0 Å². The molecule has 0 aliphatic heterocycles. The summed E-state index contributed by atoms with van der Waals surface area (Å²) in [7, 11) is 0. The molecule has 0 aliphatic rings. The predicted octanol–water partition coefficient (Wildman–Crippen LogP) is 5.29. The molecule has 1 aromatic carbocycles. The van der Waals surface area contributed by atoms with E-state index in [0.29, 0.717) is 0 Å². The summed E-state index contributed by atoms with van der Waals surface area (Å²) in [5.41, 5.74) is 2.42. The number of allylic oxidation sites excluding steroid dienone is 1. The summed E-state index contributed by atoms with van der Waals surface area (Å²) >= 11 is 12.9. The summed E-state index contributed by atoms with van der Waals surface area (Å²) in [5.74, 6) is 0. The molecule has 0 aliphatic carbocycles. The van der Waals surface area contributed by atoms with E-state index in [1.165, 1.54) is 5.57 Å². The van der Waals surface area contributed by atoms with Gasteiger partial charge in [-0.3, -0.25) is 0 Å². The third-order valence-corrected chi connectivity index (χ3v) is 3.49. The van der Waals surface area contributed by atoms with Crippen LogP contribution in [0.25, 0.3) is 6.08 Å². The van der Waals surface area contributed by atoms with Gasteiger partial charge in [0.2, 0.25) is 0 Å². The summed E-state index contributed by atoms with van der Waals surface area (Å²) < 4.78 is 1.01. The molecule has 76 valence electrons. The van der Waals surface area contributed by atoms with E-state index in [-0.39, 0.29) is 0 Å². The van der Waals surface area contributed by atoms with E-state index in [4.69, 9.17) is 11.6 Å². The van der Waals surface area contributed by atoms with Crippen molar-refractivity contribution in [3.8, 4) is 0 Å². The van der Waals surface area contributed by atoms with Gasteiger partial charge in [0.15, 0.2) is 0 Å². The Hall–Kier alpha value is 0.210. The minimum Gasteiger partial charge on any atom is -0.0880 e. The highest BCUT2D eigenvalue weighted by Gasteiger charge is 1.99. The molecular weight excluding hydrogens is 327 g/mol. The molecule has 0 fully saturated rings. The van der Waals surface area contributed by atoms with Crippen LogP contribution in [0.1, 0.15) is 18.9 Å². The SMILES string of the molecule is CC/C(=C/c1ccc(Br)cc1Cl)CBr. The van der Waals surface area contributed by atoms with E-state index in [0.717, 1.165) is 26.8 Å². The zero-order chi connectivity index (χ0) is 10.6. The van der Waals surface area contributed by atoms with Crippen LogP contribution in [0.5, 0.6) is 0 Å². The molecule has 0 heterocycles. The molecule has 0 saturated heterocycles. The van der Waals surface area contributed by atoms with Crippen LogP contribution in [0.3, 0.4) is 0 Å². The van der Waals surface area contributed by atoms with Crippen molar-refractivity contribution < 1.29 is 0 Å². The van der Waals surface area contributed by atoms with Crippen LogP contribution in [0.4, 0.5) is 0 Å². The molecule has 0 saturated carbocycles. The summed E-state index contributed by atoms with van der Waals surface area (Å²) in [6, 6.07) is 5.93. The first kappa shape index (κ1) is 12.3. The summed E-state index contributed by atoms with van der Waals surface area (Å²) in [4.78, 5) is 0. The maximum atomic E-state index is 6.10. The zero-order valence-corrected chi connectivity index (χ0v) is 11.8. The van der Waals surface area contributed by atoms with Crippen LogP contribution in [-0.2, 0) is 0 Å². The van der Waals surface area contributed by atoms with Gasteiger partial charge in [0.05, 0.1) is 0 Å². The standard InChI is InChI=1S/C11H11Br2Cl/c1-2-8(7-12)5-9-3-4-10(13)6-11(9)14/h3-6H,2,7H2,1H3/b8-5-. The molecule has 1 aromatic rings. The topological polar surface area (TPSA) is 0 Å². The molecule has 14 heavy (non-hydrogen) atoms. The van der Waals surface area contributed by atoms with Gasteiger partial charge in [-0.2, -0.15) is 0 Å². The highest BCUT2D eigenvalue weighted by Crippen LogP contribution is 2.24. The van der Waals surface area contributed by atoms with Crippen molar-refractivity contribution in [2.75, 3.05) is 5.33 Å². The molecule has 0 N–H and O–H groups in total. The molecule has 0 atom stereocenters. The Bertz CT molecular complexity index is 339. The molecule has 0 unspecified atom stereocenters. The van der Waals surface area contributed by atoms with Gasteiger partial charge >= 0.3 is 0 Å². The van der Waals surface area contributed by atoms with Gasteiger partial charge in [-0.1, -0.05) is 68.1 Å². The smallest absolute Gasteiger partial charge is 0.0489 e. The number of hydrogen-bond acceptors (Lipinski definition) is 0. The highest BCUT2D eigenvalue weighted by atomic mass is 79.9. The molecule has 0 radical (unpaired) electrons. The van der Waals surface area contributed by atoms with E-state index < -0.39 is 0 Å². The second kappa shape index (κ2) is 5.94. The Morgan fingerprint density at radius 3 is 2.71 bits per heavy atom. The number of halogens is 3. The maximum Gasteiger partial charge on any atom is 0.0489 e. The second-order valence-corrected chi connectivity index (χ2v) is 4.84. The van der Waals surface area contributed by atoms with Gasteiger partial charge in [0, 0.05) is 14.8 Å². The Morgan fingerprint density at radius 1 is 1.50 bits per heavy atom. The Kier molecular flexibility index (Phi) is 5.21. The number of rotatable bonds is 3. The van der Waals surface area contributed by atoms with Crippen molar-refractivity contribution in [3.63, 3.8) is 0 Å². The van der Waals surface area contributed by atoms with E-state index in [1.54, 1.807) is 0 Å². The van der Waals surface area contributed by atoms with Gasteiger partial charge < -0.3 is 0 Å². The van der Waals surface area contributed by atoms with E-state index >= 15 is 0 Å². The number of benzene rings is 1. The molecule has 0 spiro atoms. The van der Waals surface area contributed by atoms with Crippen LogP contribution < -0.4 is 0 Å². The monoisotopic (exact) mass is 336 g/mol. The average Bonchev–Trinajstić information content (AvgIpc) is 2.17. The normalized spacial score (nSPS) is 11.9. The molecular formula is C11H11Br2Cl. The zero-order valence-electron chi connectivity index (χ0n) is 7.86. The van der Waals surface area contributed by atoms with Crippen LogP contribution >= 0.6 is 43.5 Å². The highest BCUT2D eigenvalue weighted by molar-refractivity contribution is 9.10. The van der Waals surface area contributed by atoms with Gasteiger partial charge in [-0.05, 0) is 24.1 Å². The van der Waals surface area contributed by atoms with Crippen molar-refractivity contribution in [3.05, 3.63) is 38.8 Å². The number of hydrogen-bond donors (Lipinski definition) is 0. The Balaban J connectivity index is 3.02. The largest absolute Gasteiger partial charge is 0.0880 e. The lowest BCUT2D eigenvalue weighted by Crippen LogP contribution is -1.83. The predicted molar refractivity (Wildman–Crippen MR) is 71.2 cm³/mol. The van der Waals surface area contributed by atoms with Crippen molar-refractivity contribution >= 4 is 49.5 Å². The fraction of sp³-hybridized carbons (Fsp3) is 0.273. The van der Waals surface area contributed by atoms with Crippen molar-refractivity contribution in [2.24, 2.45) is 0 Å². The van der Waals surface area contributed by atoms with Crippen LogP contribution in [0, 0.1) is 0 Å². The minimum absolute atomic E-state index is 0.784. The maximum absolute atomic E-state index is 6.10. The molecule has 0 amide bonds. The van der Waals surface area contributed by atoms with Crippen molar-refractivity contribution in [1.29, 1.82) is 0 Å². The Labute approximate surface area is 107 Å². The average molecular weight is 338 g/mol. The van der Waals surface area contributed by atoms with E-state index in [1.807, 2.05) is 18.2 Å². The van der Waals surface area contributed by atoms with E-state index in [9.17, 15) is 0 Å². The first-order valence-electron chi connectivity index (χ1n) is 4.37. The fourth-order valence-electron chi connectivity index (χ4n) is 1.07. The van der Waals surface area contributed by atoms with Crippen molar-refractivity contribution in [1.82, 2.24) is 0 Å². The first-order valence-corrected chi connectivity index (χ1v) is 6.67. The van der Waals surface area contributed by atoms with Crippen LogP contribution in [0.2, 0.25) is 5.02 Å². The lowest BCUT2D eigenvalue weighted by molar-refractivity contribution is 1.12. The molecule has 3 heteroatoms. The van der Waals surface area contributed by atoms with Crippen LogP contribution in [0.15, 0.2) is 28.2 Å². The van der Waals surface area contributed by atoms with Gasteiger partial charge in [0.1, 0.15) is 0 Å². The summed E-state index contributed by atoms with van der Waals surface area (Å²) in [6.45, 7) is 2.14. The summed E-state index contributed by atoms with van der Waals surface area (Å²) in [5, 5.41) is 1.68.